The van der Waals surface area contributed by atoms with Gasteiger partial charge in [0.25, 0.3) is 5.91 Å². The number of carboxylic acid groups (broad SMARTS) is 1. The van der Waals surface area contributed by atoms with Crippen molar-refractivity contribution in [3.63, 3.8) is 0 Å². The molecule has 2 heterocycles. The van der Waals surface area contributed by atoms with Gasteiger partial charge in [0.1, 0.15) is 0 Å². The first-order valence-corrected chi connectivity index (χ1v) is 8.19. The molecule has 3 amide bonds. The predicted octanol–water partition coefficient (Wildman–Crippen LogP) is 2.20. The fraction of sp³-hybridized carbons (Fsp3) is 0.231. The van der Waals surface area contributed by atoms with Crippen LogP contribution in [0, 0.1) is 0 Å². The van der Waals surface area contributed by atoms with Gasteiger partial charge in [0.2, 0.25) is 5.91 Å². The van der Waals surface area contributed by atoms with Crippen LogP contribution < -0.4 is 4.90 Å². The Morgan fingerprint density at radius 1 is 1.30 bits per heavy atom. The number of carbonyl (C=O) groups is 3. The smallest absolute Gasteiger partial charge is 0.413 e. The van der Waals surface area contributed by atoms with E-state index in [1.165, 1.54) is 16.7 Å². The van der Waals surface area contributed by atoms with E-state index in [1.54, 1.807) is 0 Å². The summed E-state index contributed by atoms with van der Waals surface area (Å²) in [5.74, 6) is -1.62. The van der Waals surface area contributed by atoms with Crippen molar-refractivity contribution in [1.29, 1.82) is 0 Å². The summed E-state index contributed by atoms with van der Waals surface area (Å²) < 4.78 is 0. The molecule has 2 aromatic heterocycles. The van der Waals surface area contributed by atoms with Crippen molar-refractivity contribution in [3.8, 4) is 0 Å². The average molecular weight is 355 g/mol. The van der Waals surface area contributed by atoms with E-state index in [9.17, 15) is 24.7 Å². The summed E-state index contributed by atoms with van der Waals surface area (Å²) in [6.07, 6.45) is -1.45. The number of hydrogen-bond acceptors (Lipinski definition) is 7. The van der Waals surface area contributed by atoms with Crippen LogP contribution in [0.1, 0.15) is 18.2 Å². The lowest BCUT2D eigenvalue weighted by atomic mass is 10.3. The van der Waals surface area contributed by atoms with Crippen molar-refractivity contribution in [2.45, 2.75) is 19.9 Å². The van der Waals surface area contributed by atoms with Gasteiger partial charge in [-0.1, -0.05) is 0 Å². The van der Waals surface area contributed by atoms with Crippen LogP contribution in [-0.2, 0) is 22.6 Å². The highest BCUT2D eigenvalue weighted by Crippen LogP contribution is 2.24. The van der Waals surface area contributed by atoms with Crippen LogP contribution in [0.25, 0.3) is 0 Å². The summed E-state index contributed by atoms with van der Waals surface area (Å²) in [6, 6.07) is 1.81. The Labute approximate surface area is 139 Å². The van der Waals surface area contributed by atoms with E-state index in [2.05, 4.69) is 4.98 Å². The van der Waals surface area contributed by atoms with Gasteiger partial charge in [0.05, 0.1) is 18.7 Å². The number of nitrogens with zero attached hydrogens (tertiary/aromatic N) is 3. The number of imide groups is 1. The van der Waals surface area contributed by atoms with E-state index in [-0.39, 0.29) is 28.9 Å². The largest absolute Gasteiger partial charge is 0.465 e. The van der Waals surface area contributed by atoms with Crippen LogP contribution in [0.4, 0.5) is 9.93 Å². The zero-order valence-corrected chi connectivity index (χ0v) is 13.6. The number of hydrogen-bond donors (Lipinski definition) is 2. The molecule has 0 aliphatic carbocycles. The van der Waals surface area contributed by atoms with Gasteiger partial charge in [-0.3, -0.25) is 14.8 Å². The second-order valence-electron chi connectivity index (χ2n) is 4.52. The van der Waals surface area contributed by atoms with E-state index < -0.39 is 17.9 Å². The highest BCUT2D eigenvalue weighted by Gasteiger charge is 2.21. The quantitative estimate of drug-likeness (QED) is 0.628. The summed E-state index contributed by atoms with van der Waals surface area (Å²) in [5.41, 5.74) is 1.12. The summed E-state index contributed by atoms with van der Waals surface area (Å²) in [5, 5.41) is 24.0. The minimum Gasteiger partial charge on any atom is -0.465 e. The van der Waals surface area contributed by atoms with Crippen LogP contribution in [0.15, 0.2) is 22.2 Å². The third-order valence-electron chi connectivity index (χ3n) is 2.79. The molecule has 2 N–H and O–H groups in total. The molecule has 2 rings (SSSR count). The van der Waals surface area contributed by atoms with Gasteiger partial charge in [-0.2, -0.15) is 16.4 Å². The Balaban J connectivity index is 2.11. The third-order valence-corrected chi connectivity index (χ3v) is 4.43. The van der Waals surface area contributed by atoms with Gasteiger partial charge in [0, 0.05) is 12.3 Å². The molecule has 8 nitrogen and oxygen atoms in total. The fourth-order valence-corrected chi connectivity index (χ4v) is 3.17. The lowest BCUT2D eigenvalue weighted by Gasteiger charge is -2.15. The maximum absolute atomic E-state index is 11.6. The molecule has 0 atom stereocenters. The molecular formula is C13H13N3O5S2. The second kappa shape index (κ2) is 7.31. The summed E-state index contributed by atoms with van der Waals surface area (Å²) in [6.45, 7) is 1.21. The first kappa shape index (κ1) is 17.1. The minimum atomic E-state index is -1.16. The Hall–Kier alpha value is -2.30. The van der Waals surface area contributed by atoms with Gasteiger partial charge in [-0.15, -0.1) is 11.3 Å². The van der Waals surface area contributed by atoms with E-state index >= 15 is 0 Å². The molecule has 0 spiro atoms. The first-order chi connectivity index (χ1) is 10.9. The molecule has 0 saturated heterocycles. The molecule has 10 heteroatoms. The zero-order valence-electron chi connectivity index (χ0n) is 12.0. The number of thiazole rings is 1. The lowest BCUT2D eigenvalue weighted by molar-refractivity contribution is -0.176. The van der Waals surface area contributed by atoms with E-state index in [4.69, 9.17) is 0 Å². The first-order valence-electron chi connectivity index (χ1n) is 6.37. The number of amides is 3. The highest BCUT2D eigenvalue weighted by molar-refractivity contribution is 7.14. The van der Waals surface area contributed by atoms with Crippen LogP contribution in [-0.4, -0.2) is 38.3 Å². The van der Waals surface area contributed by atoms with Crippen molar-refractivity contribution >= 4 is 45.7 Å². The molecule has 0 aromatic carbocycles. The maximum Gasteiger partial charge on any atom is 0.413 e. The topological polar surface area (TPSA) is 111 Å². The Bertz CT molecular complexity index is 713. The van der Waals surface area contributed by atoms with Crippen molar-refractivity contribution in [3.05, 3.63) is 33.5 Å². The van der Waals surface area contributed by atoms with Crippen LogP contribution in [0.5, 0.6) is 0 Å². The van der Waals surface area contributed by atoms with Gasteiger partial charge in [-0.25, -0.2) is 14.7 Å². The van der Waals surface area contributed by atoms with Crippen molar-refractivity contribution < 1.29 is 24.7 Å². The van der Waals surface area contributed by atoms with Gasteiger partial charge < -0.3 is 5.11 Å². The molecule has 0 unspecified atom stereocenters. The van der Waals surface area contributed by atoms with Crippen LogP contribution >= 0.6 is 22.7 Å². The minimum absolute atomic E-state index is 0.0132. The number of aromatic nitrogens is 1. The fourth-order valence-electron chi connectivity index (χ4n) is 1.69. The molecular weight excluding hydrogens is 342 g/mol. The Morgan fingerprint density at radius 3 is 2.61 bits per heavy atom. The monoisotopic (exact) mass is 355 g/mol. The third kappa shape index (κ3) is 4.34. The molecule has 0 bridgehead atoms. The van der Waals surface area contributed by atoms with Gasteiger partial charge in [0.15, 0.2) is 5.13 Å². The van der Waals surface area contributed by atoms with E-state index in [0.29, 0.717) is 0 Å². The molecule has 0 fully saturated rings. The average Bonchev–Trinajstić information content (AvgIpc) is 3.14. The Kier molecular flexibility index (Phi) is 5.42. The summed E-state index contributed by atoms with van der Waals surface area (Å²) >= 11 is 2.53. The van der Waals surface area contributed by atoms with Gasteiger partial charge >= 0.3 is 6.09 Å². The Morgan fingerprint density at radius 2 is 2.04 bits per heavy atom. The van der Waals surface area contributed by atoms with E-state index in [1.807, 2.05) is 16.8 Å². The molecule has 0 saturated carbocycles. The maximum atomic E-state index is 11.6. The number of rotatable bonds is 5. The zero-order chi connectivity index (χ0) is 17.0. The van der Waals surface area contributed by atoms with E-state index in [0.717, 1.165) is 28.7 Å². The number of thiophene rings is 1. The van der Waals surface area contributed by atoms with Gasteiger partial charge in [-0.05, 0) is 22.4 Å². The van der Waals surface area contributed by atoms with Crippen LogP contribution in [0.3, 0.4) is 0 Å². The number of hydroxylamine groups is 2. The lowest BCUT2D eigenvalue weighted by Crippen LogP contribution is -2.33. The summed E-state index contributed by atoms with van der Waals surface area (Å²) in [7, 11) is 0. The number of carbonyl (C=O) groups excluding carboxylic acids is 2. The molecule has 122 valence electrons. The van der Waals surface area contributed by atoms with Crippen LogP contribution in [0.2, 0.25) is 0 Å². The normalized spacial score (nSPS) is 10.3. The second-order valence-corrected chi connectivity index (χ2v) is 6.14. The predicted molar refractivity (Wildman–Crippen MR) is 83.7 cm³/mol. The number of anilines is 1. The summed E-state index contributed by atoms with van der Waals surface area (Å²) in [4.78, 5) is 39.1. The molecule has 0 radical (unpaired) electrons. The standard InChI is InChI=1S/C13H13N3O5S2/c1-8(17)16(21)11(18)4-10-7-23-12(14-10)15(13(19)20)5-9-2-3-22-6-9/h2-3,6-7,21H,4-5H2,1H3,(H,19,20). The molecule has 2 aromatic rings. The van der Waals surface area contributed by atoms with Crippen molar-refractivity contribution in [2.24, 2.45) is 0 Å². The molecule has 0 aliphatic rings. The molecule has 23 heavy (non-hydrogen) atoms. The van der Waals surface area contributed by atoms with Crippen molar-refractivity contribution in [2.75, 3.05) is 4.90 Å². The van der Waals surface area contributed by atoms with Crippen molar-refractivity contribution in [1.82, 2.24) is 10.0 Å². The molecule has 0 aliphatic heterocycles. The SMILES string of the molecule is CC(=O)N(O)C(=O)Cc1csc(N(Cc2ccsc2)C(=O)O)n1. The highest BCUT2D eigenvalue weighted by atomic mass is 32.1.